The van der Waals surface area contributed by atoms with Gasteiger partial charge in [-0.3, -0.25) is 14.6 Å². The third-order valence-corrected chi connectivity index (χ3v) is 5.10. The Kier molecular flexibility index (Phi) is 6.20. The molecule has 29 heavy (non-hydrogen) atoms. The molecule has 0 radical (unpaired) electrons. The summed E-state index contributed by atoms with van der Waals surface area (Å²) in [6.45, 7) is 10.5. The van der Waals surface area contributed by atoms with Gasteiger partial charge < -0.3 is 14.5 Å². The molecule has 2 heterocycles. The molecule has 1 aromatic carbocycles. The molecule has 0 bridgehead atoms. The van der Waals surface area contributed by atoms with Crippen LogP contribution in [0.3, 0.4) is 0 Å². The number of aromatic nitrogens is 1. The summed E-state index contributed by atoms with van der Waals surface area (Å²) in [4.78, 5) is 32.7. The molecule has 6 nitrogen and oxygen atoms in total. The van der Waals surface area contributed by atoms with Gasteiger partial charge in [-0.15, -0.1) is 0 Å². The number of hydrogen-bond donors (Lipinski definition) is 0. The van der Waals surface area contributed by atoms with Crippen LogP contribution in [0, 0.1) is 6.92 Å². The molecule has 6 heteroatoms. The SMILES string of the molecule is Cc1ccc(OCC(=O)N2CCN(C(=O)c3ccccn3)CC2)c(C(C)(C)C)c1. The van der Waals surface area contributed by atoms with E-state index in [0.29, 0.717) is 31.9 Å². The lowest BCUT2D eigenvalue weighted by Crippen LogP contribution is -2.51. The van der Waals surface area contributed by atoms with Gasteiger partial charge in [0.1, 0.15) is 11.4 Å². The van der Waals surface area contributed by atoms with Gasteiger partial charge >= 0.3 is 0 Å². The number of carbonyl (C=O) groups excluding carboxylic acids is 2. The molecule has 0 atom stereocenters. The average molecular weight is 396 g/mol. The lowest BCUT2D eigenvalue weighted by atomic mass is 9.85. The van der Waals surface area contributed by atoms with Crippen molar-refractivity contribution in [3.8, 4) is 5.75 Å². The predicted octanol–water partition coefficient (Wildman–Crippen LogP) is 3.05. The smallest absolute Gasteiger partial charge is 0.272 e. The third kappa shape index (κ3) is 5.13. The van der Waals surface area contributed by atoms with E-state index in [2.05, 4.69) is 38.7 Å². The molecule has 1 fully saturated rings. The van der Waals surface area contributed by atoms with E-state index in [4.69, 9.17) is 4.74 Å². The highest BCUT2D eigenvalue weighted by molar-refractivity contribution is 5.92. The molecule has 1 aromatic heterocycles. The minimum absolute atomic E-state index is 0.000326. The Hall–Kier alpha value is -2.89. The van der Waals surface area contributed by atoms with Gasteiger partial charge in [-0.05, 0) is 36.1 Å². The third-order valence-electron chi connectivity index (χ3n) is 5.10. The molecule has 0 aliphatic carbocycles. The monoisotopic (exact) mass is 395 g/mol. The molecule has 154 valence electrons. The summed E-state index contributed by atoms with van der Waals surface area (Å²) in [5.74, 6) is 0.596. The summed E-state index contributed by atoms with van der Waals surface area (Å²) in [5.41, 5.74) is 2.63. The van der Waals surface area contributed by atoms with Crippen molar-refractivity contribution in [3.63, 3.8) is 0 Å². The lowest BCUT2D eigenvalue weighted by molar-refractivity contribution is -0.134. The summed E-state index contributed by atoms with van der Waals surface area (Å²) in [5, 5.41) is 0. The van der Waals surface area contributed by atoms with Gasteiger partial charge in [-0.1, -0.05) is 44.5 Å². The van der Waals surface area contributed by atoms with Crippen LogP contribution < -0.4 is 4.74 Å². The van der Waals surface area contributed by atoms with Crippen molar-refractivity contribution in [2.75, 3.05) is 32.8 Å². The fraction of sp³-hybridized carbons (Fsp3) is 0.435. The van der Waals surface area contributed by atoms with Gasteiger partial charge in [0.25, 0.3) is 11.8 Å². The highest BCUT2D eigenvalue weighted by atomic mass is 16.5. The van der Waals surface area contributed by atoms with Crippen LogP contribution in [0.5, 0.6) is 5.75 Å². The van der Waals surface area contributed by atoms with Crippen LogP contribution in [-0.4, -0.2) is 59.4 Å². The van der Waals surface area contributed by atoms with E-state index in [1.54, 1.807) is 34.2 Å². The minimum Gasteiger partial charge on any atom is -0.483 e. The Bertz CT molecular complexity index is 867. The second kappa shape index (κ2) is 8.64. The first-order chi connectivity index (χ1) is 13.8. The van der Waals surface area contributed by atoms with Gasteiger partial charge in [0, 0.05) is 32.4 Å². The Morgan fingerprint density at radius 2 is 1.72 bits per heavy atom. The molecule has 1 aliphatic heterocycles. The first kappa shape index (κ1) is 20.8. The maximum absolute atomic E-state index is 12.6. The number of aryl methyl sites for hydroxylation is 1. The first-order valence-electron chi connectivity index (χ1n) is 9.98. The van der Waals surface area contributed by atoms with Crippen LogP contribution in [-0.2, 0) is 10.2 Å². The molecule has 0 spiro atoms. The maximum Gasteiger partial charge on any atom is 0.272 e. The fourth-order valence-corrected chi connectivity index (χ4v) is 3.40. The second-order valence-electron chi connectivity index (χ2n) is 8.43. The molecular weight excluding hydrogens is 366 g/mol. The molecule has 1 saturated heterocycles. The first-order valence-corrected chi connectivity index (χ1v) is 9.98. The summed E-state index contributed by atoms with van der Waals surface area (Å²) >= 11 is 0. The van der Waals surface area contributed by atoms with Crippen molar-refractivity contribution in [1.82, 2.24) is 14.8 Å². The van der Waals surface area contributed by atoms with Gasteiger partial charge in [-0.2, -0.15) is 0 Å². The Morgan fingerprint density at radius 3 is 2.34 bits per heavy atom. The zero-order valence-electron chi connectivity index (χ0n) is 17.6. The van der Waals surface area contributed by atoms with Crippen LogP contribution in [0.2, 0.25) is 0 Å². The summed E-state index contributed by atoms with van der Waals surface area (Å²) in [6.07, 6.45) is 1.61. The molecule has 0 unspecified atom stereocenters. The van der Waals surface area contributed by atoms with E-state index in [1.807, 2.05) is 12.1 Å². The summed E-state index contributed by atoms with van der Waals surface area (Å²) in [6, 6.07) is 11.3. The topological polar surface area (TPSA) is 62.7 Å². The standard InChI is InChI=1S/C23H29N3O3/c1-17-8-9-20(18(15-17)23(2,3)4)29-16-21(27)25-11-13-26(14-12-25)22(28)19-7-5-6-10-24-19/h5-10,15H,11-14,16H2,1-4H3. The van der Waals surface area contributed by atoms with E-state index >= 15 is 0 Å². The van der Waals surface area contributed by atoms with E-state index in [1.165, 1.54) is 5.56 Å². The van der Waals surface area contributed by atoms with Crippen molar-refractivity contribution in [3.05, 3.63) is 59.4 Å². The highest BCUT2D eigenvalue weighted by Crippen LogP contribution is 2.32. The predicted molar refractivity (Wildman–Crippen MR) is 112 cm³/mol. The normalized spacial score (nSPS) is 14.6. The minimum atomic E-state index is -0.0941. The molecule has 3 rings (SSSR count). The van der Waals surface area contributed by atoms with Crippen molar-refractivity contribution in [2.24, 2.45) is 0 Å². The van der Waals surface area contributed by atoms with Crippen LogP contribution in [0.15, 0.2) is 42.6 Å². The highest BCUT2D eigenvalue weighted by Gasteiger charge is 2.26. The van der Waals surface area contributed by atoms with Gasteiger partial charge in [-0.25, -0.2) is 0 Å². The largest absolute Gasteiger partial charge is 0.483 e. The summed E-state index contributed by atoms with van der Waals surface area (Å²) < 4.78 is 5.90. The number of carbonyl (C=O) groups is 2. The van der Waals surface area contributed by atoms with E-state index in [0.717, 1.165) is 11.3 Å². The molecule has 2 aromatic rings. The summed E-state index contributed by atoms with van der Waals surface area (Å²) in [7, 11) is 0. The average Bonchev–Trinajstić information content (AvgIpc) is 2.72. The number of ether oxygens (including phenoxy) is 1. The fourth-order valence-electron chi connectivity index (χ4n) is 3.40. The Morgan fingerprint density at radius 1 is 1.03 bits per heavy atom. The lowest BCUT2D eigenvalue weighted by Gasteiger charge is -2.34. The van der Waals surface area contributed by atoms with E-state index in [-0.39, 0.29) is 23.8 Å². The Labute approximate surface area is 172 Å². The van der Waals surface area contributed by atoms with E-state index in [9.17, 15) is 9.59 Å². The molecule has 1 aliphatic rings. The Balaban J connectivity index is 1.55. The van der Waals surface area contributed by atoms with Crippen LogP contribution >= 0.6 is 0 Å². The van der Waals surface area contributed by atoms with Crippen molar-refractivity contribution in [1.29, 1.82) is 0 Å². The van der Waals surface area contributed by atoms with Gasteiger partial charge in [0.2, 0.25) is 0 Å². The molecule has 0 N–H and O–H groups in total. The molecule has 0 saturated carbocycles. The van der Waals surface area contributed by atoms with Gasteiger partial charge in [0.05, 0.1) is 0 Å². The number of benzene rings is 1. The quantitative estimate of drug-likeness (QED) is 0.798. The van der Waals surface area contributed by atoms with Crippen molar-refractivity contribution in [2.45, 2.75) is 33.1 Å². The number of nitrogens with zero attached hydrogens (tertiary/aromatic N) is 3. The van der Waals surface area contributed by atoms with Crippen molar-refractivity contribution < 1.29 is 14.3 Å². The maximum atomic E-state index is 12.6. The van der Waals surface area contributed by atoms with Crippen LogP contribution in [0.4, 0.5) is 0 Å². The zero-order valence-corrected chi connectivity index (χ0v) is 17.6. The van der Waals surface area contributed by atoms with Gasteiger partial charge in [0.15, 0.2) is 6.61 Å². The van der Waals surface area contributed by atoms with Crippen LogP contribution in [0.1, 0.15) is 42.4 Å². The second-order valence-corrected chi connectivity index (χ2v) is 8.43. The number of piperazine rings is 1. The number of hydrogen-bond acceptors (Lipinski definition) is 4. The number of pyridine rings is 1. The number of rotatable bonds is 4. The number of amides is 2. The van der Waals surface area contributed by atoms with Crippen LogP contribution in [0.25, 0.3) is 0 Å². The zero-order chi connectivity index (χ0) is 21.0. The molecular formula is C23H29N3O3. The van der Waals surface area contributed by atoms with Crippen molar-refractivity contribution >= 4 is 11.8 Å². The van der Waals surface area contributed by atoms with E-state index < -0.39 is 0 Å². The molecule has 2 amide bonds.